The first-order valence-electron chi connectivity index (χ1n) is 15.5. The smallest absolute Gasteiger partial charge is 0.335 e. The molecule has 1 fully saturated rings. The lowest BCUT2D eigenvalue weighted by atomic mass is 10.0. The summed E-state index contributed by atoms with van der Waals surface area (Å²) in [5, 5.41) is 9.49. The van der Waals surface area contributed by atoms with Gasteiger partial charge in [0.2, 0.25) is 5.88 Å². The molecule has 250 valence electrons. The summed E-state index contributed by atoms with van der Waals surface area (Å²) in [6, 6.07) is 18.0. The van der Waals surface area contributed by atoms with Crippen LogP contribution < -0.4 is 4.74 Å². The number of aromatic nitrogens is 4. The fourth-order valence-electron chi connectivity index (χ4n) is 5.47. The Morgan fingerprint density at radius 3 is 2.46 bits per heavy atom. The predicted molar refractivity (Wildman–Crippen MR) is 174 cm³/mol. The van der Waals surface area contributed by atoms with Crippen LogP contribution in [0.5, 0.6) is 5.88 Å². The predicted octanol–water partition coefficient (Wildman–Crippen LogP) is 7.11. The maximum absolute atomic E-state index is 15.6. The normalized spacial score (nSPS) is 13.8. The maximum Gasteiger partial charge on any atom is 0.335 e. The van der Waals surface area contributed by atoms with Crippen LogP contribution in [-0.4, -0.2) is 43.3 Å². The van der Waals surface area contributed by atoms with Crippen LogP contribution in [0.4, 0.5) is 17.6 Å². The number of carbonyl (C=O) groups is 1. The van der Waals surface area contributed by atoms with Crippen molar-refractivity contribution in [2.75, 3.05) is 6.61 Å². The molecule has 3 aromatic heterocycles. The zero-order valence-electron chi connectivity index (χ0n) is 26.2. The summed E-state index contributed by atoms with van der Waals surface area (Å²) in [5.74, 6) is 2.52. The molecule has 1 aliphatic heterocycles. The fourth-order valence-corrected chi connectivity index (χ4v) is 5.47. The second-order valence-corrected chi connectivity index (χ2v) is 11.6. The highest BCUT2D eigenvalue weighted by molar-refractivity contribution is 5.92. The second-order valence-electron chi connectivity index (χ2n) is 11.6. The van der Waals surface area contributed by atoms with Gasteiger partial charge in [-0.1, -0.05) is 17.9 Å². The monoisotopic (exact) mass is 678 g/mol. The highest BCUT2D eigenvalue weighted by Gasteiger charge is 2.24. The number of carboxylic acids is 1. The van der Waals surface area contributed by atoms with Gasteiger partial charge in [-0.2, -0.15) is 0 Å². The first-order valence-corrected chi connectivity index (χ1v) is 15.5. The average Bonchev–Trinajstić information content (AvgIpc) is 3.43. The molecule has 3 aromatic carbocycles. The number of carboxylic acid groups (broad SMARTS) is 1. The fraction of sp³-hybridized carbons (Fsp3) is 0.158. The molecule has 0 spiro atoms. The molecule has 0 bridgehead atoms. The van der Waals surface area contributed by atoms with Crippen LogP contribution in [0.2, 0.25) is 0 Å². The van der Waals surface area contributed by atoms with E-state index in [-0.39, 0.29) is 58.9 Å². The number of hydrogen-bond acceptors (Lipinski definition) is 6. The molecule has 7 rings (SSSR count). The molecular weight excluding hydrogens is 652 g/mol. The Morgan fingerprint density at radius 2 is 1.72 bits per heavy atom. The second kappa shape index (κ2) is 13.8. The average molecular weight is 679 g/mol. The van der Waals surface area contributed by atoms with E-state index < -0.39 is 23.4 Å². The molecule has 12 heteroatoms. The van der Waals surface area contributed by atoms with Gasteiger partial charge < -0.3 is 19.1 Å². The number of nitrogens with zero attached hydrogens (tertiary/aromatic N) is 4. The van der Waals surface area contributed by atoms with Crippen molar-refractivity contribution in [2.45, 2.75) is 32.1 Å². The molecule has 4 heterocycles. The van der Waals surface area contributed by atoms with Gasteiger partial charge >= 0.3 is 5.97 Å². The van der Waals surface area contributed by atoms with E-state index in [0.717, 1.165) is 18.6 Å². The third kappa shape index (κ3) is 7.04. The maximum atomic E-state index is 15.6. The number of hydrogen-bond donors (Lipinski definition) is 1. The Hall–Kier alpha value is -6.06. The third-order valence-corrected chi connectivity index (χ3v) is 8.21. The van der Waals surface area contributed by atoms with E-state index in [2.05, 4.69) is 26.8 Å². The molecule has 0 amide bonds. The molecule has 1 unspecified atom stereocenters. The first-order chi connectivity index (χ1) is 24.2. The summed E-state index contributed by atoms with van der Waals surface area (Å²) < 4.78 is 72.0. The third-order valence-electron chi connectivity index (χ3n) is 8.21. The van der Waals surface area contributed by atoms with E-state index in [4.69, 9.17) is 9.47 Å². The van der Waals surface area contributed by atoms with Crippen LogP contribution in [0.25, 0.3) is 22.3 Å². The van der Waals surface area contributed by atoms with Crippen molar-refractivity contribution in [3.8, 4) is 29.0 Å². The summed E-state index contributed by atoms with van der Waals surface area (Å²) in [4.78, 5) is 24.6. The number of imidazole rings is 1. The lowest BCUT2D eigenvalue weighted by molar-refractivity contribution is -0.0589. The van der Waals surface area contributed by atoms with Crippen LogP contribution >= 0.6 is 0 Å². The number of ether oxygens (including phenoxy) is 2. The van der Waals surface area contributed by atoms with Crippen molar-refractivity contribution in [2.24, 2.45) is 0 Å². The van der Waals surface area contributed by atoms with Crippen molar-refractivity contribution in [1.82, 2.24) is 19.5 Å². The Morgan fingerprint density at radius 1 is 0.920 bits per heavy atom. The van der Waals surface area contributed by atoms with Gasteiger partial charge in [0.15, 0.2) is 0 Å². The summed E-state index contributed by atoms with van der Waals surface area (Å²) in [7, 11) is 0. The highest BCUT2D eigenvalue weighted by Crippen LogP contribution is 2.29. The molecule has 1 aliphatic rings. The number of aromatic carboxylic acids is 1. The van der Waals surface area contributed by atoms with Gasteiger partial charge in [0, 0.05) is 42.0 Å². The minimum atomic E-state index is -1.09. The van der Waals surface area contributed by atoms with Gasteiger partial charge in [0.25, 0.3) is 0 Å². The standard InChI is InChI=1S/C38H26F4N4O4/c39-26-9-6-22(7-10-26)4-5-23-14-31(42)34(43-19-23)21-50-37-3-1-2-32(45-37)28-18-29(40)25(15-30(28)41)17-36-44-33-11-8-24(38(47)48)16-35(33)46(36)20-27-12-13-49-27/h1-3,6-11,14-16,18-19,27H,12-13,17,20-21H2,(H,47,48). The minimum Gasteiger partial charge on any atom is -0.478 e. The number of fused-ring (bicyclic) bond motifs is 1. The van der Waals surface area contributed by atoms with Gasteiger partial charge in [-0.25, -0.2) is 32.3 Å². The van der Waals surface area contributed by atoms with Crippen LogP contribution in [-0.2, 0) is 24.3 Å². The van der Waals surface area contributed by atoms with Crippen molar-refractivity contribution < 1.29 is 36.9 Å². The Kier molecular flexibility index (Phi) is 8.98. The number of rotatable bonds is 9. The lowest BCUT2D eigenvalue weighted by Crippen LogP contribution is -2.31. The zero-order valence-corrected chi connectivity index (χ0v) is 26.2. The van der Waals surface area contributed by atoms with Crippen molar-refractivity contribution in [3.63, 3.8) is 0 Å². The molecule has 1 N–H and O–H groups in total. The summed E-state index contributed by atoms with van der Waals surface area (Å²) in [5.41, 5.74) is 2.09. The number of benzene rings is 3. The topological polar surface area (TPSA) is 99.4 Å². The molecule has 1 saturated heterocycles. The summed E-state index contributed by atoms with van der Waals surface area (Å²) >= 11 is 0. The van der Waals surface area contributed by atoms with Crippen LogP contribution in [0.15, 0.2) is 85.1 Å². The zero-order chi connectivity index (χ0) is 34.8. The quantitative estimate of drug-likeness (QED) is 0.129. The van der Waals surface area contributed by atoms with Crippen LogP contribution in [0.1, 0.15) is 45.0 Å². The van der Waals surface area contributed by atoms with E-state index in [0.29, 0.717) is 41.1 Å². The first kappa shape index (κ1) is 32.5. The Bertz CT molecular complexity index is 2310. The molecule has 6 aromatic rings. The largest absolute Gasteiger partial charge is 0.478 e. The molecule has 50 heavy (non-hydrogen) atoms. The SMILES string of the molecule is O=C(O)c1ccc2nc(Cc3cc(F)c(-c4cccc(OCc5ncc(C#Cc6ccc(F)cc6)cc5F)n4)cc3F)n(CC3CCO3)c2c1. The van der Waals surface area contributed by atoms with Crippen LogP contribution in [0, 0.1) is 35.1 Å². The minimum absolute atomic E-state index is 0.0137. The van der Waals surface area contributed by atoms with Gasteiger partial charge in [-0.15, -0.1) is 0 Å². The molecule has 1 atom stereocenters. The van der Waals surface area contributed by atoms with Gasteiger partial charge in [-0.05, 0) is 78.7 Å². The van der Waals surface area contributed by atoms with Gasteiger partial charge in [0.1, 0.15) is 41.4 Å². The van der Waals surface area contributed by atoms with Gasteiger partial charge in [0.05, 0.1) is 34.9 Å². The Labute approximate surface area is 283 Å². The highest BCUT2D eigenvalue weighted by atomic mass is 19.1. The van der Waals surface area contributed by atoms with E-state index >= 15 is 8.78 Å². The van der Waals surface area contributed by atoms with Crippen molar-refractivity contribution >= 4 is 17.0 Å². The number of pyridine rings is 2. The summed E-state index contributed by atoms with van der Waals surface area (Å²) in [6.07, 6.45) is 2.05. The molecule has 0 radical (unpaired) electrons. The van der Waals surface area contributed by atoms with E-state index in [1.54, 1.807) is 16.7 Å². The van der Waals surface area contributed by atoms with E-state index in [1.807, 2.05) is 0 Å². The Balaban J connectivity index is 1.08. The molecular formula is C38H26F4N4O4. The number of halogens is 4. The van der Waals surface area contributed by atoms with Gasteiger partial charge in [-0.3, -0.25) is 4.98 Å². The van der Waals surface area contributed by atoms with E-state index in [9.17, 15) is 18.7 Å². The lowest BCUT2D eigenvalue weighted by Gasteiger charge is -2.27. The molecule has 0 saturated carbocycles. The summed E-state index contributed by atoms with van der Waals surface area (Å²) in [6.45, 7) is 0.722. The van der Waals surface area contributed by atoms with Crippen LogP contribution in [0.3, 0.4) is 0 Å². The molecule has 0 aliphatic carbocycles. The van der Waals surface area contributed by atoms with Crippen molar-refractivity contribution in [3.05, 3.63) is 142 Å². The van der Waals surface area contributed by atoms with E-state index in [1.165, 1.54) is 60.8 Å². The molecule has 8 nitrogen and oxygen atoms in total. The van der Waals surface area contributed by atoms with Crippen molar-refractivity contribution in [1.29, 1.82) is 0 Å².